The molecule has 0 unspecified atom stereocenters. The molecule has 0 atom stereocenters. The van der Waals surface area contributed by atoms with Crippen molar-refractivity contribution in [2.45, 2.75) is 40.2 Å². The van der Waals surface area contributed by atoms with Gasteiger partial charge in [0.15, 0.2) is 0 Å². The molecule has 3 aromatic rings. The molecule has 1 aromatic heterocycles. The lowest BCUT2D eigenvalue weighted by Crippen LogP contribution is -2.18. The number of aromatic nitrogens is 2. The number of aryl methyl sites for hydroxylation is 2. The van der Waals surface area contributed by atoms with Gasteiger partial charge in [0.1, 0.15) is 5.75 Å². The SMILES string of the molecule is CCCCn1nc(C)c(NC(=O)c2ccccc2NC(=O)c2ccc(OC)cc2)c1C. The predicted octanol–water partition coefficient (Wildman–Crippen LogP) is 4.81. The number of anilines is 2. The van der Waals surface area contributed by atoms with Gasteiger partial charge in [0.25, 0.3) is 11.8 Å². The average molecular weight is 421 g/mol. The third-order valence-corrected chi connectivity index (χ3v) is 5.12. The Labute approximate surface area is 182 Å². The van der Waals surface area contributed by atoms with E-state index in [1.54, 1.807) is 55.6 Å². The Balaban J connectivity index is 1.79. The van der Waals surface area contributed by atoms with Crippen LogP contribution in [-0.4, -0.2) is 28.7 Å². The number of ether oxygens (including phenoxy) is 1. The van der Waals surface area contributed by atoms with Gasteiger partial charge in [0.05, 0.1) is 35.4 Å². The van der Waals surface area contributed by atoms with Crippen molar-refractivity contribution in [3.8, 4) is 5.75 Å². The fourth-order valence-electron chi connectivity index (χ4n) is 3.31. The summed E-state index contributed by atoms with van der Waals surface area (Å²) in [6, 6.07) is 13.7. The summed E-state index contributed by atoms with van der Waals surface area (Å²) in [6.45, 7) is 6.77. The van der Waals surface area contributed by atoms with E-state index in [0.717, 1.165) is 30.8 Å². The van der Waals surface area contributed by atoms with Crippen molar-refractivity contribution in [1.82, 2.24) is 9.78 Å². The van der Waals surface area contributed by atoms with Crippen LogP contribution in [0.1, 0.15) is 51.9 Å². The summed E-state index contributed by atoms with van der Waals surface area (Å²) in [5.74, 6) is 0.0658. The summed E-state index contributed by atoms with van der Waals surface area (Å²) < 4.78 is 7.05. The van der Waals surface area contributed by atoms with Gasteiger partial charge < -0.3 is 15.4 Å². The molecule has 1 heterocycles. The molecule has 0 saturated carbocycles. The Morgan fingerprint density at radius 3 is 2.39 bits per heavy atom. The lowest BCUT2D eigenvalue weighted by Gasteiger charge is -2.12. The number of carbonyl (C=O) groups is 2. The maximum Gasteiger partial charge on any atom is 0.257 e. The third kappa shape index (κ3) is 5.12. The monoisotopic (exact) mass is 420 g/mol. The molecule has 0 aliphatic heterocycles. The first kappa shape index (κ1) is 22.1. The first-order valence-corrected chi connectivity index (χ1v) is 10.3. The molecule has 2 N–H and O–H groups in total. The number of unbranched alkanes of at least 4 members (excludes halogenated alkanes) is 1. The highest BCUT2D eigenvalue weighted by atomic mass is 16.5. The summed E-state index contributed by atoms with van der Waals surface area (Å²) in [5.41, 5.74) is 3.68. The largest absolute Gasteiger partial charge is 0.497 e. The highest BCUT2D eigenvalue weighted by Gasteiger charge is 2.18. The maximum atomic E-state index is 13.0. The molecule has 7 nitrogen and oxygen atoms in total. The summed E-state index contributed by atoms with van der Waals surface area (Å²) in [7, 11) is 1.57. The maximum absolute atomic E-state index is 13.0. The smallest absolute Gasteiger partial charge is 0.257 e. The van der Waals surface area contributed by atoms with E-state index in [2.05, 4.69) is 22.7 Å². The molecule has 0 spiro atoms. The van der Waals surface area contributed by atoms with Gasteiger partial charge >= 0.3 is 0 Å². The summed E-state index contributed by atoms with van der Waals surface area (Å²) in [6.07, 6.45) is 2.09. The fraction of sp³-hybridized carbons (Fsp3) is 0.292. The molecule has 2 aromatic carbocycles. The minimum atomic E-state index is -0.303. The summed E-state index contributed by atoms with van der Waals surface area (Å²) in [5, 5.41) is 10.3. The van der Waals surface area contributed by atoms with E-state index in [1.165, 1.54) is 0 Å². The molecule has 3 rings (SSSR count). The lowest BCUT2D eigenvalue weighted by molar-refractivity contribution is 0.102. The first-order chi connectivity index (χ1) is 14.9. The average Bonchev–Trinajstić information content (AvgIpc) is 3.05. The van der Waals surface area contributed by atoms with Crippen molar-refractivity contribution in [3.05, 3.63) is 71.0 Å². The molecule has 0 bridgehead atoms. The molecular weight excluding hydrogens is 392 g/mol. The highest BCUT2D eigenvalue weighted by Crippen LogP contribution is 2.23. The first-order valence-electron chi connectivity index (χ1n) is 10.3. The van der Waals surface area contributed by atoms with Gasteiger partial charge in [0.2, 0.25) is 0 Å². The standard InChI is InChI=1S/C24H28N4O3/c1-5-6-15-28-17(3)22(16(2)27-28)26-24(30)20-9-7-8-10-21(20)25-23(29)18-11-13-19(31-4)14-12-18/h7-14H,5-6,15H2,1-4H3,(H,25,29)(H,26,30). The molecule has 0 aliphatic carbocycles. The fourth-order valence-corrected chi connectivity index (χ4v) is 3.31. The van der Waals surface area contributed by atoms with Crippen LogP contribution in [0.25, 0.3) is 0 Å². The number of carbonyl (C=O) groups excluding carboxylic acids is 2. The molecule has 31 heavy (non-hydrogen) atoms. The zero-order chi connectivity index (χ0) is 22.4. The number of hydrogen-bond acceptors (Lipinski definition) is 4. The van der Waals surface area contributed by atoms with E-state index < -0.39 is 0 Å². The number of nitrogens with one attached hydrogen (secondary N) is 2. The van der Waals surface area contributed by atoms with Crippen LogP contribution in [0.4, 0.5) is 11.4 Å². The number of para-hydroxylation sites is 1. The van der Waals surface area contributed by atoms with Gasteiger partial charge in [-0.2, -0.15) is 5.10 Å². The Morgan fingerprint density at radius 2 is 1.71 bits per heavy atom. The van der Waals surface area contributed by atoms with Crippen LogP contribution in [0.2, 0.25) is 0 Å². The topological polar surface area (TPSA) is 85.3 Å². The number of benzene rings is 2. The minimum absolute atomic E-state index is 0.299. The molecule has 0 radical (unpaired) electrons. The van der Waals surface area contributed by atoms with Gasteiger partial charge in [-0.1, -0.05) is 25.5 Å². The van der Waals surface area contributed by atoms with E-state index in [9.17, 15) is 9.59 Å². The van der Waals surface area contributed by atoms with E-state index in [4.69, 9.17) is 4.74 Å². The molecule has 0 fully saturated rings. The quantitative estimate of drug-likeness (QED) is 0.547. The zero-order valence-electron chi connectivity index (χ0n) is 18.4. The van der Waals surface area contributed by atoms with Crippen molar-refractivity contribution in [3.63, 3.8) is 0 Å². The van der Waals surface area contributed by atoms with Crippen LogP contribution in [0.5, 0.6) is 5.75 Å². The van der Waals surface area contributed by atoms with Crippen LogP contribution in [0.15, 0.2) is 48.5 Å². The van der Waals surface area contributed by atoms with Gasteiger partial charge in [-0.3, -0.25) is 14.3 Å². The number of methoxy groups -OCH3 is 1. The van der Waals surface area contributed by atoms with E-state index in [-0.39, 0.29) is 11.8 Å². The van der Waals surface area contributed by atoms with Gasteiger partial charge in [-0.05, 0) is 56.7 Å². The van der Waals surface area contributed by atoms with Crippen molar-refractivity contribution in [1.29, 1.82) is 0 Å². The normalized spacial score (nSPS) is 10.6. The number of rotatable bonds is 8. The van der Waals surface area contributed by atoms with Crippen LogP contribution in [0, 0.1) is 13.8 Å². The second-order valence-electron chi connectivity index (χ2n) is 7.30. The van der Waals surface area contributed by atoms with Crippen LogP contribution in [-0.2, 0) is 6.54 Å². The Bertz CT molecular complexity index is 1070. The molecule has 162 valence electrons. The Morgan fingerprint density at radius 1 is 1.00 bits per heavy atom. The van der Waals surface area contributed by atoms with Crippen LogP contribution >= 0.6 is 0 Å². The molecule has 2 amide bonds. The molecule has 0 aliphatic rings. The van der Waals surface area contributed by atoms with Crippen molar-refractivity contribution >= 4 is 23.2 Å². The second kappa shape index (κ2) is 9.93. The molecule has 7 heteroatoms. The number of nitrogens with zero attached hydrogens (tertiary/aromatic N) is 2. The second-order valence-corrected chi connectivity index (χ2v) is 7.30. The predicted molar refractivity (Wildman–Crippen MR) is 122 cm³/mol. The third-order valence-electron chi connectivity index (χ3n) is 5.12. The zero-order valence-corrected chi connectivity index (χ0v) is 18.4. The Kier molecular flexibility index (Phi) is 7.07. The van der Waals surface area contributed by atoms with Crippen molar-refractivity contribution < 1.29 is 14.3 Å². The minimum Gasteiger partial charge on any atom is -0.497 e. The number of amides is 2. The molecule has 0 saturated heterocycles. The van der Waals surface area contributed by atoms with E-state index >= 15 is 0 Å². The van der Waals surface area contributed by atoms with Crippen LogP contribution in [0.3, 0.4) is 0 Å². The lowest BCUT2D eigenvalue weighted by atomic mass is 10.1. The van der Waals surface area contributed by atoms with Gasteiger partial charge in [0, 0.05) is 12.1 Å². The van der Waals surface area contributed by atoms with E-state index in [0.29, 0.717) is 28.3 Å². The van der Waals surface area contributed by atoms with Gasteiger partial charge in [-0.15, -0.1) is 0 Å². The highest BCUT2D eigenvalue weighted by molar-refractivity contribution is 6.12. The summed E-state index contributed by atoms with van der Waals surface area (Å²) in [4.78, 5) is 25.7. The number of hydrogen-bond donors (Lipinski definition) is 2. The van der Waals surface area contributed by atoms with Crippen molar-refractivity contribution in [2.24, 2.45) is 0 Å². The van der Waals surface area contributed by atoms with Gasteiger partial charge in [-0.25, -0.2) is 0 Å². The summed E-state index contributed by atoms with van der Waals surface area (Å²) >= 11 is 0. The van der Waals surface area contributed by atoms with Crippen LogP contribution < -0.4 is 15.4 Å². The molecular formula is C24H28N4O3. The van der Waals surface area contributed by atoms with E-state index in [1.807, 2.05) is 18.5 Å². The van der Waals surface area contributed by atoms with Crippen molar-refractivity contribution in [2.75, 3.05) is 17.7 Å². The Hall–Kier alpha value is -3.61.